The van der Waals surface area contributed by atoms with Gasteiger partial charge in [-0.25, -0.2) is 18.0 Å². The van der Waals surface area contributed by atoms with Gasteiger partial charge in [0.05, 0.1) is 24.6 Å². The lowest BCUT2D eigenvalue weighted by atomic mass is 10.1. The van der Waals surface area contributed by atoms with E-state index in [2.05, 4.69) is 0 Å². The van der Waals surface area contributed by atoms with Gasteiger partial charge in [0.2, 0.25) is 5.43 Å². The molecule has 0 bridgehead atoms. The first-order valence-electron chi connectivity index (χ1n) is 7.72. The largest absolute Gasteiger partial charge is 0.477 e. The summed E-state index contributed by atoms with van der Waals surface area (Å²) >= 11 is 0. The van der Waals surface area contributed by atoms with Crippen LogP contribution in [-0.2, 0) is 13.0 Å². The third-order valence-electron chi connectivity index (χ3n) is 4.14. The van der Waals surface area contributed by atoms with Crippen LogP contribution in [0.5, 0.6) is 0 Å². The molecule has 0 spiro atoms. The molecule has 0 saturated heterocycles. The predicted molar refractivity (Wildman–Crippen MR) is 89.9 cm³/mol. The van der Waals surface area contributed by atoms with E-state index in [0.29, 0.717) is 0 Å². The number of fused-ring (bicyclic) bond motifs is 1. The van der Waals surface area contributed by atoms with Crippen LogP contribution in [0.25, 0.3) is 10.9 Å². The number of aromatic carboxylic acids is 1. The number of carboxylic acid groups (broad SMARTS) is 1. The Bertz CT molecular complexity index is 1160. The van der Waals surface area contributed by atoms with Crippen LogP contribution < -0.4 is 5.43 Å². The molecule has 8 heteroatoms. The molecule has 0 amide bonds. The third-order valence-corrected chi connectivity index (χ3v) is 4.14. The van der Waals surface area contributed by atoms with Crippen molar-refractivity contribution in [2.75, 3.05) is 0 Å². The van der Waals surface area contributed by atoms with Crippen molar-refractivity contribution in [3.63, 3.8) is 0 Å². The van der Waals surface area contributed by atoms with Crippen LogP contribution in [0.1, 0.15) is 21.5 Å². The van der Waals surface area contributed by atoms with Crippen molar-refractivity contribution in [2.45, 2.75) is 13.0 Å². The number of hydrogen-bond donors (Lipinski definition) is 1. The second kappa shape index (κ2) is 6.96. The van der Waals surface area contributed by atoms with Gasteiger partial charge in [0, 0.05) is 22.7 Å². The first kappa shape index (κ1) is 18.2. The highest BCUT2D eigenvalue weighted by molar-refractivity contribution is 5.92. The van der Waals surface area contributed by atoms with Gasteiger partial charge >= 0.3 is 5.97 Å². The summed E-state index contributed by atoms with van der Waals surface area (Å²) in [5.41, 5.74) is -1.88. The standard InChI is InChI=1S/C19H11F3N2O3/c20-14-2-1-3-15(21)12(14)8-24-9-13(19(26)27)18(25)11-7-16(22)10(4-5-23)6-17(11)24/h1-3,6-7,9H,4,8H2,(H,26,27). The first-order chi connectivity index (χ1) is 12.8. The Balaban J connectivity index is 2.34. The lowest BCUT2D eigenvalue weighted by Gasteiger charge is -2.14. The number of carboxylic acids is 1. The summed E-state index contributed by atoms with van der Waals surface area (Å²) in [5.74, 6) is -4.09. The average Bonchev–Trinajstić information content (AvgIpc) is 2.61. The molecule has 0 atom stereocenters. The molecule has 0 aliphatic carbocycles. The van der Waals surface area contributed by atoms with Crippen molar-refractivity contribution in [3.8, 4) is 6.07 Å². The SMILES string of the molecule is N#CCc1cc2c(cc1F)c(=O)c(C(=O)O)cn2Cc1c(F)cccc1F. The van der Waals surface area contributed by atoms with Gasteiger partial charge < -0.3 is 9.67 Å². The fourth-order valence-electron chi connectivity index (χ4n) is 2.81. The monoisotopic (exact) mass is 372 g/mol. The minimum absolute atomic E-state index is 0.0183. The van der Waals surface area contributed by atoms with Crippen LogP contribution in [0.4, 0.5) is 13.2 Å². The molecule has 1 aromatic heterocycles. The molecule has 0 unspecified atom stereocenters. The van der Waals surface area contributed by atoms with Gasteiger partial charge in [-0.2, -0.15) is 5.26 Å². The molecule has 0 radical (unpaired) electrons. The van der Waals surface area contributed by atoms with E-state index in [9.17, 15) is 27.9 Å². The van der Waals surface area contributed by atoms with Gasteiger partial charge in [-0.3, -0.25) is 4.79 Å². The van der Waals surface area contributed by atoms with Crippen molar-refractivity contribution in [1.29, 1.82) is 5.26 Å². The van der Waals surface area contributed by atoms with E-state index in [1.165, 1.54) is 12.1 Å². The quantitative estimate of drug-likeness (QED) is 0.762. The van der Waals surface area contributed by atoms with Crippen molar-refractivity contribution in [1.82, 2.24) is 4.57 Å². The second-order valence-corrected chi connectivity index (χ2v) is 5.80. The topological polar surface area (TPSA) is 83.1 Å². The Morgan fingerprint density at radius 2 is 1.81 bits per heavy atom. The van der Waals surface area contributed by atoms with Crippen molar-refractivity contribution in [3.05, 3.63) is 80.9 Å². The number of nitriles is 1. The maximum absolute atomic E-state index is 14.1. The van der Waals surface area contributed by atoms with E-state index < -0.39 is 41.0 Å². The first-order valence-corrected chi connectivity index (χ1v) is 7.72. The van der Waals surface area contributed by atoms with Gasteiger partial charge in [-0.15, -0.1) is 0 Å². The summed E-state index contributed by atoms with van der Waals surface area (Å²) in [5, 5.41) is 17.8. The van der Waals surface area contributed by atoms with Gasteiger partial charge in [0.15, 0.2) is 0 Å². The predicted octanol–water partition coefficient (Wildman–Crippen LogP) is 3.23. The minimum atomic E-state index is -1.55. The van der Waals surface area contributed by atoms with E-state index in [1.54, 1.807) is 6.07 Å². The van der Waals surface area contributed by atoms with E-state index in [0.717, 1.165) is 29.0 Å². The number of rotatable bonds is 4. The molecule has 2 aromatic carbocycles. The molecule has 136 valence electrons. The number of carbonyl (C=O) groups is 1. The molecule has 1 N–H and O–H groups in total. The molecule has 1 heterocycles. The maximum atomic E-state index is 14.1. The maximum Gasteiger partial charge on any atom is 0.341 e. The van der Waals surface area contributed by atoms with Crippen molar-refractivity contribution < 1.29 is 23.1 Å². The molecule has 3 rings (SSSR count). The number of aromatic nitrogens is 1. The van der Waals surface area contributed by atoms with Crippen molar-refractivity contribution in [2.24, 2.45) is 0 Å². The van der Waals surface area contributed by atoms with E-state index in [1.807, 2.05) is 0 Å². The number of benzene rings is 2. The average molecular weight is 372 g/mol. The lowest BCUT2D eigenvalue weighted by Crippen LogP contribution is -2.20. The smallest absolute Gasteiger partial charge is 0.341 e. The van der Waals surface area contributed by atoms with Crippen LogP contribution in [0.15, 0.2) is 41.3 Å². The number of pyridine rings is 1. The van der Waals surface area contributed by atoms with Gasteiger partial charge in [-0.1, -0.05) is 6.07 Å². The Morgan fingerprint density at radius 3 is 2.41 bits per heavy atom. The zero-order valence-electron chi connectivity index (χ0n) is 13.7. The Morgan fingerprint density at radius 1 is 1.15 bits per heavy atom. The Hall–Kier alpha value is -3.60. The van der Waals surface area contributed by atoms with Crippen LogP contribution in [-0.4, -0.2) is 15.6 Å². The molecule has 0 saturated carbocycles. The molecule has 0 aliphatic rings. The highest BCUT2D eigenvalue weighted by Gasteiger charge is 2.18. The fourth-order valence-corrected chi connectivity index (χ4v) is 2.81. The number of hydrogen-bond acceptors (Lipinski definition) is 3. The summed E-state index contributed by atoms with van der Waals surface area (Å²) in [6.07, 6.45) is 0.664. The van der Waals surface area contributed by atoms with E-state index >= 15 is 0 Å². The minimum Gasteiger partial charge on any atom is -0.477 e. The van der Waals surface area contributed by atoms with Crippen LogP contribution in [0.3, 0.4) is 0 Å². The molecule has 0 aliphatic heterocycles. The summed E-state index contributed by atoms with van der Waals surface area (Å²) in [4.78, 5) is 23.7. The molecular weight excluding hydrogens is 361 g/mol. The summed E-state index contributed by atoms with van der Waals surface area (Å²) in [6, 6.07) is 7.09. The van der Waals surface area contributed by atoms with E-state index in [4.69, 9.17) is 5.26 Å². The van der Waals surface area contributed by atoms with Crippen molar-refractivity contribution >= 4 is 16.9 Å². The zero-order chi connectivity index (χ0) is 19.7. The third kappa shape index (κ3) is 3.27. The normalized spacial score (nSPS) is 10.7. The molecule has 5 nitrogen and oxygen atoms in total. The number of nitrogens with zero attached hydrogens (tertiary/aromatic N) is 2. The van der Waals surface area contributed by atoms with Crippen LogP contribution in [0.2, 0.25) is 0 Å². The second-order valence-electron chi connectivity index (χ2n) is 5.80. The Kier molecular flexibility index (Phi) is 4.69. The summed E-state index contributed by atoms with van der Waals surface area (Å²) in [6.45, 7) is -0.423. The highest BCUT2D eigenvalue weighted by atomic mass is 19.1. The molecule has 27 heavy (non-hydrogen) atoms. The van der Waals surface area contributed by atoms with Crippen LogP contribution in [0, 0.1) is 28.8 Å². The molecule has 3 aromatic rings. The van der Waals surface area contributed by atoms with E-state index in [-0.39, 0.29) is 28.5 Å². The lowest BCUT2D eigenvalue weighted by molar-refractivity contribution is 0.0695. The summed E-state index contributed by atoms with van der Waals surface area (Å²) < 4.78 is 43.3. The summed E-state index contributed by atoms with van der Waals surface area (Å²) in [7, 11) is 0. The van der Waals surface area contributed by atoms with Gasteiger partial charge in [-0.05, 0) is 24.3 Å². The van der Waals surface area contributed by atoms with Gasteiger partial charge in [0.25, 0.3) is 0 Å². The molecular formula is C19H11F3N2O3. The number of halogens is 3. The Labute approximate surface area is 150 Å². The zero-order valence-corrected chi connectivity index (χ0v) is 13.7. The van der Waals surface area contributed by atoms with Gasteiger partial charge in [0.1, 0.15) is 23.0 Å². The van der Waals surface area contributed by atoms with Crippen LogP contribution >= 0.6 is 0 Å². The fraction of sp³-hybridized carbons (Fsp3) is 0.105. The molecule has 0 fully saturated rings. The highest BCUT2D eigenvalue weighted by Crippen LogP contribution is 2.21.